The van der Waals surface area contributed by atoms with Crippen molar-refractivity contribution in [2.45, 2.75) is 31.4 Å². The van der Waals surface area contributed by atoms with Crippen molar-refractivity contribution in [1.82, 2.24) is 4.90 Å². The van der Waals surface area contributed by atoms with Gasteiger partial charge in [-0.15, -0.1) is 0 Å². The molecule has 0 amide bonds. The van der Waals surface area contributed by atoms with E-state index in [9.17, 15) is 13.2 Å². The number of nitrogens with zero attached hydrogens (tertiary/aromatic N) is 1. The fourth-order valence-corrected chi connectivity index (χ4v) is 2.94. The fraction of sp³-hybridized carbons (Fsp3) is 0.600. The summed E-state index contributed by atoms with van der Waals surface area (Å²) in [7, 11) is 1.65. The van der Waals surface area contributed by atoms with Crippen LogP contribution in [0.25, 0.3) is 0 Å². The van der Waals surface area contributed by atoms with E-state index in [-0.39, 0.29) is 18.2 Å². The molecule has 3 nitrogen and oxygen atoms in total. The second-order valence-corrected chi connectivity index (χ2v) is 5.78. The monoisotopic (exact) mass is 302 g/mol. The topological polar surface area (TPSA) is 38.5 Å². The molecule has 0 aromatic heterocycles. The molecule has 2 atom stereocenters. The highest BCUT2D eigenvalue weighted by molar-refractivity contribution is 5.23. The van der Waals surface area contributed by atoms with E-state index in [1.807, 2.05) is 11.8 Å². The van der Waals surface area contributed by atoms with Gasteiger partial charge in [0, 0.05) is 26.2 Å². The van der Waals surface area contributed by atoms with E-state index in [0.29, 0.717) is 12.1 Å². The van der Waals surface area contributed by atoms with Crippen LogP contribution >= 0.6 is 0 Å². The summed E-state index contributed by atoms with van der Waals surface area (Å²) in [5, 5.41) is 0. The van der Waals surface area contributed by atoms with Crippen LogP contribution in [0.5, 0.6) is 0 Å². The summed E-state index contributed by atoms with van der Waals surface area (Å²) in [5.41, 5.74) is 5.84. The molecule has 1 aliphatic heterocycles. The van der Waals surface area contributed by atoms with Crippen LogP contribution in [0, 0.1) is 17.5 Å². The molecule has 1 heterocycles. The molecule has 118 valence electrons. The number of rotatable bonds is 4. The molecule has 1 aliphatic rings. The smallest absolute Gasteiger partial charge is 0.194 e. The molecule has 0 aliphatic carbocycles. The molecular weight excluding hydrogens is 281 g/mol. The lowest BCUT2D eigenvalue weighted by atomic mass is 9.92. The Labute approximate surface area is 122 Å². The standard InChI is InChI=1S/C15H21F3N2O/c1-15(21-2)4-3-5-20(9-15)13(8-19)10-6-11(16)14(18)12(17)7-10/h6-7,13H,3-5,8-9,19H2,1-2H3. The summed E-state index contributed by atoms with van der Waals surface area (Å²) in [6.07, 6.45) is 1.83. The number of halogens is 3. The Bertz CT molecular complexity index is 489. The highest BCUT2D eigenvalue weighted by Gasteiger charge is 2.34. The Morgan fingerprint density at radius 2 is 1.95 bits per heavy atom. The SMILES string of the molecule is COC1(C)CCCN(C(CN)c2cc(F)c(F)c(F)c2)C1. The van der Waals surface area contributed by atoms with Crippen LogP contribution in [-0.4, -0.2) is 37.2 Å². The molecular formula is C15H21F3N2O. The van der Waals surface area contributed by atoms with E-state index in [1.165, 1.54) is 0 Å². The third-order valence-corrected chi connectivity index (χ3v) is 4.24. The Hall–Kier alpha value is -1.11. The van der Waals surface area contributed by atoms with Gasteiger partial charge in [0.2, 0.25) is 0 Å². The van der Waals surface area contributed by atoms with Crippen LogP contribution in [0.3, 0.4) is 0 Å². The van der Waals surface area contributed by atoms with Gasteiger partial charge in [0.25, 0.3) is 0 Å². The predicted molar refractivity (Wildman–Crippen MR) is 74.3 cm³/mol. The van der Waals surface area contributed by atoms with Gasteiger partial charge in [-0.25, -0.2) is 13.2 Å². The molecule has 1 fully saturated rings. The first-order valence-corrected chi connectivity index (χ1v) is 7.04. The minimum Gasteiger partial charge on any atom is -0.377 e. The quantitative estimate of drug-likeness (QED) is 0.869. The average Bonchev–Trinajstić information content (AvgIpc) is 2.45. The van der Waals surface area contributed by atoms with Crippen molar-refractivity contribution >= 4 is 0 Å². The van der Waals surface area contributed by atoms with Gasteiger partial charge in [-0.2, -0.15) is 0 Å². The number of nitrogens with two attached hydrogens (primary N) is 1. The molecule has 1 saturated heterocycles. The van der Waals surface area contributed by atoms with Gasteiger partial charge < -0.3 is 10.5 Å². The maximum Gasteiger partial charge on any atom is 0.194 e. The number of likely N-dealkylation sites (tertiary alicyclic amines) is 1. The summed E-state index contributed by atoms with van der Waals surface area (Å²) in [6.45, 7) is 3.58. The van der Waals surface area contributed by atoms with Crippen LogP contribution in [0.1, 0.15) is 31.4 Å². The lowest BCUT2D eigenvalue weighted by Gasteiger charge is -2.43. The van der Waals surface area contributed by atoms with E-state index in [2.05, 4.69) is 0 Å². The van der Waals surface area contributed by atoms with Gasteiger partial charge in [-0.1, -0.05) is 0 Å². The number of piperidine rings is 1. The number of benzene rings is 1. The van der Waals surface area contributed by atoms with Crippen LogP contribution in [-0.2, 0) is 4.74 Å². The first-order valence-electron chi connectivity index (χ1n) is 7.04. The van der Waals surface area contributed by atoms with Gasteiger partial charge in [0.05, 0.1) is 5.60 Å². The Kier molecular flexibility index (Phi) is 4.91. The number of ether oxygens (including phenoxy) is 1. The van der Waals surface area contributed by atoms with Gasteiger partial charge in [-0.05, 0) is 44.0 Å². The Morgan fingerprint density at radius 3 is 2.48 bits per heavy atom. The van der Waals surface area contributed by atoms with Crippen molar-refractivity contribution < 1.29 is 17.9 Å². The third kappa shape index (κ3) is 3.39. The van der Waals surface area contributed by atoms with Crippen molar-refractivity contribution in [2.24, 2.45) is 5.73 Å². The van der Waals surface area contributed by atoms with Crippen molar-refractivity contribution in [3.63, 3.8) is 0 Å². The summed E-state index contributed by atoms with van der Waals surface area (Å²) >= 11 is 0. The first kappa shape index (κ1) is 16.3. The van der Waals surface area contributed by atoms with Crippen LogP contribution in [0.2, 0.25) is 0 Å². The normalized spacial score (nSPS) is 25.0. The summed E-state index contributed by atoms with van der Waals surface area (Å²) in [5.74, 6) is -3.82. The molecule has 2 unspecified atom stereocenters. The van der Waals surface area contributed by atoms with Crippen molar-refractivity contribution in [2.75, 3.05) is 26.7 Å². The number of hydrogen-bond donors (Lipinski definition) is 1. The van der Waals surface area contributed by atoms with Gasteiger partial charge in [0.1, 0.15) is 0 Å². The van der Waals surface area contributed by atoms with Gasteiger partial charge in [-0.3, -0.25) is 4.90 Å². The molecule has 21 heavy (non-hydrogen) atoms. The van der Waals surface area contributed by atoms with E-state index in [1.54, 1.807) is 7.11 Å². The zero-order valence-corrected chi connectivity index (χ0v) is 12.3. The van der Waals surface area contributed by atoms with Crippen LogP contribution in [0.15, 0.2) is 12.1 Å². The highest BCUT2D eigenvalue weighted by atomic mass is 19.2. The van der Waals surface area contributed by atoms with Crippen molar-refractivity contribution in [3.05, 3.63) is 35.1 Å². The van der Waals surface area contributed by atoms with Crippen molar-refractivity contribution in [1.29, 1.82) is 0 Å². The predicted octanol–water partition coefficient (Wildman–Crippen LogP) is 2.60. The summed E-state index contributed by atoms with van der Waals surface area (Å²) in [4.78, 5) is 2.04. The van der Waals surface area contributed by atoms with E-state index >= 15 is 0 Å². The van der Waals surface area contributed by atoms with Gasteiger partial charge in [0.15, 0.2) is 17.5 Å². The highest BCUT2D eigenvalue weighted by Crippen LogP contribution is 2.31. The summed E-state index contributed by atoms with van der Waals surface area (Å²) in [6, 6.07) is 1.69. The zero-order valence-electron chi connectivity index (χ0n) is 12.3. The lowest BCUT2D eigenvalue weighted by molar-refractivity contribution is -0.0608. The second kappa shape index (κ2) is 6.34. The van der Waals surface area contributed by atoms with Crippen molar-refractivity contribution in [3.8, 4) is 0 Å². The van der Waals surface area contributed by atoms with Crippen LogP contribution < -0.4 is 5.73 Å². The number of hydrogen-bond acceptors (Lipinski definition) is 3. The average molecular weight is 302 g/mol. The molecule has 6 heteroatoms. The molecule has 1 aromatic rings. The first-order chi connectivity index (χ1) is 9.90. The Morgan fingerprint density at radius 1 is 1.33 bits per heavy atom. The van der Waals surface area contributed by atoms with E-state index < -0.39 is 17.5 Å². The minimum absolute atomic E-state index is 0.199. The number of methoxy groups -OCH3 is 1. The molecule has 0 saturated carbocycles. The van der Waals surface area contributed by atoms with E-state index in [4.69, 9.17) is 10.5 Å². The molecule has 0 radical (unpaired) electrons. The minimum atomic E-state index is -1.45. The van der Waals surface area contributed by atoms with Gasteiger partial charge >= 0.3 is 0 Å². The fourth-order valence-electron chi connectivity index (χ4n) is 2.94. The van der Waals surface area contributed by atoms with Crippen LogP contribution in [0.4, 0.5) is 13.2 Å². The van der Waals surface area contributed by atoms with E-state index in [0.717, 1.165) is 31.5 Å². The molecule has 0 bridgehead atoms. The molecule has 2 rings (SSSR count). The molecule has 0 spiro atoms. The maximum atomic E-state index is 13.4. The zero-order chi connectivity index (χ0) is 15.6. The molecule has 1 aromatic carbocycles. The Balaban J connectivity index is 2.27. The molecule has 2 N–H and O–H groups in total. The largest absolute Gasteiger partial charge is 0.377 e. The summed E-state index contributed by atoms with van der Waals surface area (Å²) < 4.78 is 45.4. The maximum absolute atomic E-state index is 13.4. The third-order valence-electron chi connectivity index (χ3n) is 4.24. The second-order valence-electron chi connectivity index (χ2n) is 5.78. The lowest BCUT2D eigenvalue weighted by Crippen LogP contribution is -2.49.